The molecule has 5 nitrogen and oxygen atoms in total. The zero-order valence-electron chi connectivity index (χ0n) is 14.4. The third-order valence-corrected chi connectivity index (χ3v) is 4.31. The Bertz CT molecular complexity index is 511. The van der Waals surface area contributed by atoms with Crippen LogP contribution in [0.15, 0.2) is 18.2 Å². The number of amides is 1. The maximum Gasteiger partial charge on any atom is 0.222 e. The lowest BCUT2D eigenvalue weighted by molar-refractivity contribution is -0.132. The van der Waals surface area contributed by atoms with Crippen LogP contribution in [-0.4, -0.2) is 55.5 Å². The van der Waals surface area contributed by atoms with E-state index >= 15 is 0 Å². The number of anilines is 1. The number of nitrogens with two attached hydrogens (primary N) is 1. The van der Waals surface area contributed by atoms with Crippen molar-refractivity contribution in [3.8, 4) is 5.75 Å². The minimum absolute atomic E-state index is 0.236. The molecule has 1 aromatic carbocycles. The number of nitrogen functional groups attached to an aromatic ring is 1. The van der Waals surface area contributed by atoms with E-state index in [1.54, 1.807) is 0 Å². The molecule has 2 rings (SSSR count). The molecule has 1 aromatic rings. The number of benzene rings is 1. The molecule has 0 aromatic heterocycles. The van der Waals surface area contributed by atoms with E-state index in [0.717, 1.165) is 56.8 Å². The van der Waals surface area contributed by atoms with Gasteiger partial charge in [-0.1, -0.05) is 19.4 Å². The van der Waals surface area contributed by atoms with Gasteiger partial charge in [0.05, 0.1) is 12.3 Å². The number of carbonyl (C=O) groups excluding carboxylic acids is 1. The van der Waals surface area contributed by atoms with Gasteiger partial charge < -0.3 is 20.3 Å². The molecule has 5 heteroatoms. The van der Waals surface area contributed by atoms with Crippen LogP contribution in [0, 0.1) is 0 Å². The Balaban J connectivity index is 1.81. The van der Waals surface area contributed by atoms with Crippen molar-refractivity contribution in [2.24, 2.45) is 0 Å². The van der Waals surface area contributed by atoms with Gasteiger partial charge in [0.2, 0.25) is 5.91 Å². The van der Waals surface area contributed by atoms with E-state index in [4.69, 9.17) is 10.5 Å². The highest BCUT2D eigenvalue weighted by molar-refractivity contribution is 5.76. The van der Waals surface area contributed by atoms with E-state index in [-0.39, 0.29) is 5.91 Å². The van der Waals surface area contributed by atoms with E-state index in [0.29, 0.717) is 18.7 Å². The number of likely N-dealkylation sites (N-methyl/N-ethyl adjacent to an activating group) is 1. The Morgan fingerprint density at radius 2 is 2.00 bits per heavy atom. The molecular weight excluding hydrogens is 290 g/mol. The second-order valence-corrected chi connectivity index (χ2v) is 6.26. The molecule has 1 fully saturated rings. The van der Waals surface area contributed by atoms with E-state index in [2.05, 4.69) is 18.9 Å². The van der Waals surface area contributed by atoms with Gasteiger partial charge in [-0.25, -0.2) is 0 Å². The summed E-state index contributed by atoms with van der Waals surface area (Å²) in [5.74, 6) is 0.979. The molecule has 2 N–H and O–H groups in total. The zero-order valence-corrected chi connectivity index (χ0v) is 14.4. The van der Waals surface area contributed by atoms with E-state index in [1.807, 2.05) is 23.1 Å². The van der Waals surface area contributed by atoms with E-state index in [1.165, 1.54) is 0 Å². The summed E-state index contributed by atoms with van der Waals surface area (Å²) in [7, 11) is 2.09. The summed E-state index contributed by atoms with van der Waals surface area (Å²) < 4.78 is 5.66. The van der Waals surface area contributed by atoms with Crippen molar-refractivity contribution >= 4 is 11.6 Å². The molecule has 23 heavy (non-hydrogen) atoms. The number of aryl methyl sites for hydroxylation is 1. The van der Waals surface area contributed by atoms with Gasteiger partial charge in [0, 0.05) is 32.6 Å². The predicted octanol–water partition coefficient (Wildman–Crippen LogP) is 2.15. The molecule has 1 aliphatic heterocycles. The highest BCUT2D eigenvalue weighted by Crippen LogP contribution is 2.23. The predicted molar refractivity (Wildman–Crippen MR) is 93.7 cm³/mol. The van der Waals surface area contributed by atoms with Gasteiger partial charge in [0.15, 0.2) is 0 Å². The molecule has 1 saturated heterocycles. The summed E-state index contributed by atoms with van der Waals surface area (Å²) in [4.78, 5) is 16.5. The van der Waals surface area contributed by atoms with Crippen LogP contribution in [0.2, 0.25) is 0 Å². The lowest BCUT2D eigenvalue weighted by Crippen LogP contribution is -2.47. The third-order valence-electron chi connectivity index (χ3n) is 4.31. The average molecular weight is 319 g/mol. The monoisotopic (exact) mass is 319 g/mol. The van der Waals surface area contributed by atoms with Crippen LogP contribution >= 0.6 is 0 Å². The number of rotatable bonds is 7. The van der Waals surface area contributed by atoms with Gasteiger partial charge in [-0.2, -0.15) is 0 Å². The molecule has 0 bridgehead atoms. The lowest BCUT2D eigenvalue weighted by Gasteiger charge is -2.32. The standard InChI is InChI=1S/C18H29N3O2/c1-3-4-13-23-17-7-5-15(14-16(17)19)6-8-18(22)21-11-9-20(2)10-12-21/h5,7,14H,3-4,6,8-13,19H2,1-2H3. The maximum absolute atomic E-state index is 12.3. The molecule has 1 amide bonds. The number of piperazine rings is 1. The second-order valence-electron chi connectivity index (χ2n) is 6.26. The number of carbonyl (C=O) groups is 1. The minimum Gasteiger partial charge on any atom is -0.491 e. The zero-order chi connectivity index (χ0) is 16.7. The Labute approximate surface area is 139 Å². The Kier molecular flexibility index (Phi) is 6.71. The van der Waals surface area contributed by atoms with Crippen LogP contribution in [0.1, 0.15) is 31.7 Å². The van der Waals surface area contributed by atoms with E-state index in [9.17, 15) is 4.79 Å². The molecular formula is C18H29N3O2. The van der Waals surface area contributed by atoms with Crippen molar-refractivity contribution < 1.29 is 9.53 Å². The molecule has 0 atom stereocenters. The van der Waals surface area contributed by atoms with Crippen molar-refractivity contribution in [3.05, 3.63) is 23.8 Å². The van der Waals surface area contributed by atoms with Crippen molar-refractivity contribution in [3.63, 3.8) is 0 Å². The normalized spacial score (nSPS) is 15.7. The smallest absolute Gasteiger partial charge is 0.222 e. The summed E-state index contributed by atoms with van der Waals surface area (Å²) >= 11 is 0. The van der Waals surface area contributed by atoms with Crippen molar-refractivity contribution in [2.45, 2.75) is 32.6 Å². The van der Waals surface area contributed by atoms with Crippen LogP contribution in [0.25, 0.3) is 0 Å². The van der Waals surface area contributed by atoms with Crippen LogP contribution in [0.3, 0.4) is 0 Å². The van der Waals surface area contributed by atoms with E-state index < -0.39 is 0 Å². The summed E-state index contributed by atoms with van der Waals surface area (Å²) in [5.41, 5.74) is 7.79. The van der Waals surface area contributed by atoms with Gasteiger partial charge in [0.1, 0.15) is 5.75 Å². The third kappa shape index (κ3) is 5.43. The number of hydrogen-bond donors (Lipinski definition) is 1. The first-order valence-corrected chi connectivity index (χ1v) is 8.57. The van der Waals surface area contributed by atoms with Crippen molar-refractivity contribution in [2.75, 3.05) is 45.6 Å². The first-order valence-electron chi connectivity index (χ1n) is 8.57. The van der Waals surface area contributed by atoms with Gasteiger partial charge in [0.25, 0.3) is 0 Å². The Morgan fingerprint density at radius 3 is 2.65 bits per heavy atom. The van der Waals surface area contributed by atoms with Crippen molar-refractivity contribution in [1.82, 2.24) is 9.80 Å². The van der Waals surface area contributed by atoms with Gasteiger partial charge in [-0.15, -0.1) is 0 Å². The van der Waals surface area contributed by atoms with Crippen LogP contribution in [-0.2, 0) is 11.2 Å². The Morgan fingerprint density at radius 1 is 1.26 bits per heavy atom. The summed E-state index contributed by atoms with van der Waals surface area (Å²) in [6, 6.07) is 5.86. The lowest BCUT2D eigenvalue weighted by atomic mass is 10.1. The fourth-order valence-corrected chi connectivity index (χ4v) is 2.68. The molecule has 1 heterocycles. The number of nitrogens with zero attached hydrogens (tertiary/aromatic N) is 2. The summed E-state index contributed by atoms with van der Waals surface area (Å²) in [6.45, 7) is 6.42. The molecule has 128 valence electrons. The Hall–Kier alpha value is -1.75. The SMILES string of the molecule is CCCCOc1ccc(CCC(=O)N2CCN(C)CC2)cc1N. The first-order chi connectivity index (χ1) is 11.1. The quantitative estimate of drug-likeness (QED) is 0.618. The highest BCUT2D eigenvalue weighted by atomic mass is 16.5. The van der Waals surface area contributed by atoms with Crippen molar-refractivity contribution in [1.29, 1.82) is 0 Å². The highest BCUT2D eigenvalue weighted by Gasteiger charge is 2.18. The number of ether oxygens (including phenoxy) is 1. The molecule has 1 aliphatic rings. The fraction of sp³-hybridized carbons (Fsp3) is 0.611. The maximum atomic E-state index is 12.3. The van der Waals surface area contributed by atoms with Crippen LogP contribution in [0.4, 0.5) is 5.69 Å². The molecule has 0 spiro atoms. The van der Waals surface area contributed by atoms with Gasteiger partial charge in [-0.3, -0.25) is 4.79 Å². The molecule has 0 saturated carbocycles. The van der Waals surface area contributed by atoms with Gasteiger partial charge >= 0.3 is 0 Å². The average Bonchev–Trinajstić information content (AvgIpc) is 2.55. The summed E-state index contributed by atoms with van der Waals surface area (Å²) in [6.07, 6.45) is 3.40. The van der Waals surface area contributed by atoms with Crippen LogP contribution in [0.5, 0.6) is 5.75 Å². The largest absolute Gasteiger partial charge is 0.491 e. The molecule has 0 radical (unpaired) electrons. The molecule has 0 aliphatic carbocycles. The van der Waals surface area contributed by atoms with Crippen LogP contribution < -0.4 is 10.5 Å². The number of unbranched alkanes of at least 4 members (excludes halogenated alkanes) is 1. The second kappa shape index (κ2) is 8.77. The topological polar surface area (TPSA) is 58.8 Å². The first kappa shape index (κ1) is 17.6. The molecule has 0 unspecified atom stereocenters. The fourth-order valence-electron chi connectivity index (χ4n) is 2.68. The minimum atomic E-state index is 0.236. The van der Waals surface area contributed by atoms with Gasteiger partial charge in [-0.05, 0) is 37.6 Å². The summed E-state index contributed by atoms with van der Waals surface area (Å²) in [5, 5.41) is 0. The number of hydrogen-bond acceptors (Lipinski definition) is 4.